The number of carboxylic acid groups (broad SMARTS) is 1. The van der Waals surface area contributed by atoms with Crippen molar-refractivity contribution in [3.63, 3.8) is 0 Å². The van der Waals surface area contributed by atoms with Crippen LogP contribution in [0, 0.1) is 5.92 Å². The van der Waals surface area contributed by atoms with Crippen molar-refractivity contribution < 1.29 is 28.3 Å². The maximum Gasteiger partial charge on any atom is 0.318 e. The number of carbonyl (C=O) groups is 2. The van der Waals surface area contributed by atoms with Crippen LogP contribution in [0.1, 0.15) is 22.0 Å². The van der Waals surface area contributed by atoms with E-state index in [1.165, 1.54) is 12.1 Å². The van der Waals surface area contributed by atoms with Crippen LogP contribution in [0.5, 0.6) is 5.75 Å². The van der Waals surface area contributed by atoms with E-state index < -0.39 is 29.2 Å². The van der Waals surface area contributed by atoms with E-state index >= 15 is 0 Å². The largest absolute Gasteiger partial charge is 0.484 e. The molecule has 54 heavy (non-hydrogen) atoms. The fourth-order valence-electron chi connectivity index (χ4n) is 7.41. The van der Waals surface area contributed by atoms with E-state index in [0.29, 0.717) is 39.4 Å². The highest BCUT2D eigenvalue weighted by atomic mass is 16.5. The number of rotatable bonds is 6. The molecule has 0 radical (unpaired) electrons. The van der Waals surface area contributed by atoms with Gasteiger partial charge < -0.3 is 18.7 Å². The monoisotopic (exact) mass is 708 g/mol. The lowest BCUT2D eigenvalue weighted by Gasteiger charge is -2.32. The van der Waals surface area contributed by atoms with Crippen LogP contribution in [0.25, 0.3) is 66.8 Å². The molecule has 1 N–H and O–H groups in total. The van der Waals surface area contributed by atoms with Gasteiger partial charge in [0, 0.05) is 28.8 Å². The third kappa shape index (κ3) is 5.40. The Labute approximate surface area is 307 Å². The second-order valence-electron chi connectivity index (χ2n) is 13.0. The van der Waals surface area contributed by atoms with Crippen molar-refractivity contribution in [2.45, 2.75) is 6.10 Å². The number of ketones is 1. The lowest BCUT2D eigenvalue weighted by molar-refractivity contribution is -0.143. The average Bonchev–Trinajstić information content (AvgIpc) is 3.20. The lowest BCUT2D eigenvalue weighted by Crippen LogP contribution is -2.37. The van der Waals surface area contributed by atoms with E-state index in [1.54, 1.807) is 78.9 Å². The topological polar surface area (TPSA) is 124 Å². The van der Waals surface area contributed by atoms with Crippen LogP contribution in [-0.4, -0.2) is 16.9 Å². The maximum atomic E-state index is 14.6. The Morgan fingerprint density at radius 1 is 0.519 bits per heavy atom. The van der Waals surface area contributed by atoms with Gasteiger partial charge in [-0.2, -0.15) is 0 Å². The minimum absolute atomic E-state index is 0.0102. The van der Waals surface area contributed by atoms with Gasteiger partial charge in [0.15, 0.2) is 22.6 Å². The summed E-state index contributed by atoms with van der Waals surface area (Å²) in [4.78, 5) is 55.8. The second-order valence-corrected chi connectivity index (χ2v) is 13.0. The van der Waals surface area contributed by atoms with Crippen molar-refractivity contribution in [1.29, 1.82) is 0 Å². The smallest absolute Gasteiger partial charge is 0.318 e. The van der Waals surface area contributed by atoms with Crippen molar-refractivity contribution >= 4 is 33.7 Å². The molecule has 2 unspecified atom stereocenters. The quantitative estimate of drug-likeness (QED) is 0.169. The molecule has 8 nitrogen and oxygen atoms in total. The zero-order valence-corrected chi connectivity index (χ0v) is 28.4. The number of fused-ring (bicyclic) bond motifs is 3. The van der Waals surface area contributed by atoms with Crippen molar-refractivity contribution in [3.05, 3.63) is 183 Å². The number of carbonyl (C=O) groups excluding carboxylic acids is 1. The third-order valence-corrected chi connectivity index (χ3v) is 9.83. The first-order valence-electron chi connectivity index (χ1n) is 17.3. The highest BCUT2D eigenvalue weighted by Gasteiger charge is 2.44. The minimum Gasteiger partial charge on any atom is -0.484 e. The van der Waals surface area contributed by atoms with Crippen LogP contribution in [0.2, 0.25) is 0 Å². The zero-order chi connectivity index (χ0) is 36.9. The molecular weight excluding hydrogens is 680 g/mol. The molecule has 0 saturated carbocycles. The highest BCUT2D eigenvalue weighted by molar-refractivity contribution is 6.18. The van der Waals surface area contributed by atoms with Gasteiger partial charge in [-0.1, -0.05) is 115 Å². The van der Waals surface area contributed by atoms with E-state index in [4.69, 9.17) is 13.6 Å². The van der Waals surface area contributed by atoms with E-state index in [2.05, 4.69) is 0 Å². The Morgan fingerprint density at radius 2 is 1.07 bits per heavy atom. The summed E-state index contributed by atoms with van der Waals surface area (Å²) in [5.74, 6) is -2.70. The first kappa shape index (κ1) is 32.6. The lowest BCUT2D eigenvalue weighted by atomic mass is 9.80. The van der Waals surface area contributed by atoms with Crippen LogP contribution in [0.4, 0.5) is 0 Å². The standard InChI is InChI=1S/C46H28O8/c47-32-24-37(26-12-4-1-5-13-26)52-34-20-10-18-29(40(32)34)30-22-23-36-42(33(48)25-38(53-36)27-14-6-2-7-15-27)39(30)31-19-11-21-35-41(31)44(49)43(46(50)51)45(54-35)28-16-8-3-9-17-28/h1-25,43,45H,(H,50,51). The highest BCUT2D eigenvalue weighted by Crippen LogP contribution is 2.47. The Bertz CT molecular complexity index is 2890. The first-order valence-corrected chi connectivity index (χ1v) is 17.3. The predicted octanol–water partition coefficient (Wildman–Crippen LogP) is 9.58. The van der Waals surface area contributed by atoms with Gasteiger partial charge in [0.2, 0.25) is 0 Å². The van der Waals surface area contributed by atoms with Gasteiger partial charge in [0.1, 0.15) is 34.5 Å². The van der Waals surface area contributed by atoms with Gasteiger partial charge in [0.25, 0.3) is 0 Å². The molecule has 0 bridgehead atoms. The number of hydrogen-bond acceptors (Lipinski definition) is 7. The van der Waals surface area contributed by atoms with Crippen LogP contribution in [0.3, 0.4) is 0 Å². The summed E-state index contributed by atoms with van der Waals surface area (Å²) in [6.07, 6.45) is -1.09. The van der Waals surface area contributed by atoms with Gasteiger partial charge in [-0.15, -0.1) is 0 Å². The summed E-state index contributed by atoms with van der Waals surface area (Å²) in [7, 11) is 0. The summed E-state index contributed by atoms with van der Waals surface area (Å²) < 4.78 is 19.0. The Kier molecular flexibility index (Phi) is 7.86. The predicted molar refractivity (Wildman–Crippen MR) is 206 cm³/mol. The first-order chi connectivity index (χ1) is 26.4. The molecule has 0 amide bonds. The van der Waals surface area contributed by atoms with Crippen LogP contribution in [-0.2, 0) is 4.79 Å². The SMILES string of the molecule is O=C(O)C1C(=O)c2c(cccc2-c2c(-c3cccc4oc(-c5ccccc5)cc(=O)c34)ccc3oc(-c4ccccc4)cc(=O)c23)OC1c1ccccc1. The van der Waals surface area contributed by atoms with Gasteiger partial charge in [-0.3, -0.25) is 19.2 Å². The van der Waals surface area contributed by atoms with E-state index in [1.807, 2.05) is 60.7 Å². The molecule has 6 aromatic carbocycles. The number of aliphatic carboxylic acids is 1. The molecule has 1 aliphatic heterocycles. The summed E-state index contributed by atoms with van der Waals surface area (Å²) in [5.41, 5.74) is 3.25. The number of Topliss-reactive ketones (excluding diaryl/α,β-unsaturated/α-hetero) is 1. The van der Waals surface area contributed by atoms with Crippen LogP contribution < -0.4 is 15.6 Å². The molecule has 8 heteroatoms. The fourth-order valence-corrected chi connectivity index (χ4v) is 7.41. The molecule has 0 aliphatic carbocycles. The second kappa shape index (κ2) is 13.0. The zero-order valence-electron chi connectivity index (χ0n) is 28.4. The number of hydrogen-bond donors (Lipinski definition) is 1. The van der Waals surface area contributed by atoms with Crippen LogP contribution >= 0.6 is 0 Å². The van der Waals surface area contributed by atoms with Gasteiger partial charge in [0.05, 0.1) is 16.3 Å². The molecular formula is C46H28O8. The van der Waals surface area contributed by atoms with Crippen molar-refractivity contribution in [3.8, 4) is 50.7 Å². The molecule has 3 heterocycles. The van der Waals surface area contributed by atoms with Gasteiger partial charge in [-0.05, 0) is 46.5 Å². The Balaban J connectivity index is 1.34. The van der Waals surface area contributed by atoms with E-state index in [0.717, 1.165) is 5.56 Å². The summed E-state index contributed by atoms with van der Waals surface area (Å²) >= 11 is 0. The fraction of sp³-hybridized carbons (Fsp3) is 0.0435. The summed E-state index contributed by atoms with van der Waals surface area (Å²) in [6, 6.07) is 43.6. The van der Waals surface area contributed by atoms with Crippen LogP contribution in [0.15, 0.2) is 170 Å². The normalized spacial score (nSPS) is 15.1. The van der Waals surface area contributed by atoms with Gasteiger partial charge >= 0.3 is 5.97 Å². The van der Waals surface area contributed by atoms with E-state index in [9.17, 15) is 24.3 Å². The molecule has 1 aliphatic rings. The molecule has 0 saturated heterocycles. The summed E-state index contributed by atoms with van der Waals surface area (Å²) in [5, 5.41) is 10.9. The molecule has 2 aromatic heterocycles. The molecule has 0 fully saturated rings. The van der Waals surface area contributed by atoms with E-state index in [-0.39, 0.29) is 44.2 Å². The molecule has 8 aromatic rings. The molecule has 260 valence electrons. The number of ether oxygens (including phenoxy) is 1. The minimum atomic E-state index is -1.58. The van der Waals surface area contributed by atoms with Crippen molar-refractivity contribution in [2.75, 3.05) is 0 Å². The molecule has 9 rings (SSSR count). The van der Waals surface area contributed by atoms with Crippen molar-refractivity contribution in [2.24, 2.45) is 5.92 Å². The number of benzene rings is 6. The van der Waals surface area contributed by atoms with Crippen molar-refractivity contribution in [1.82, 2.24) is 0 Å². The molecule has 2 atom stereocenters. The number of carboxylic acids is 1. The Morgan fingerprint density at radius 3 is 1.70 bits per heavy atom. The maximum absolute atomic E-state index is 14.6. The average molecular weight is 709 g/mol. The third-order valence-electron chi connectivity index (χ3n) is 9.83. The summed E-state index contributed by atoms with van der Waals surface area (Å²) in [6.45, 7) is 0. The van der Waals surface area contributed by atoms with Gasteiger partial charge in [-0.25, -0.2) is 0 Å². The Hall–Kier alpha value is -7.32. The molecule has 0 spiro atoms.